The Kier molecular flexibility index (Phi) is 4.76. The predicted octanol–water partition coefficient (Wildman–Crippen LogP) is 4.43. The van der Waals surface area contributed by atoms with E-state index in [-0.39, 0.29) is 5.97 Å². The van der Waals surface area contributed by atoms with Crippen molar-refractivity contribution in [2.75, 3.05) is 6.61 Å². The Morgan fingerprint density at radius 2 is 1.81 bits per heavy atom. The Bertz CT molecular complexity index is 1350. The number of aromatic nitrogens is 5. The van der Waals surface area contributed by atoms with Crippen LogP contribution in [-0.4, -0.2) is 37.0 Å². The van der Waals surface area contributed by atoms with Crippen LogP contribution in [0, 0.1) is 0 Å². The summed E-state index contributed by atoms with van der Waals surface area (Å²) < 4.78 is 8.67. The van der Waals surface area contributed by atoms with Gasteiger partial charge < -0.3 is 4.74 Å². The second-order valence-corrected chi connectivity index (χ2v) is 6.96. The molecule has 0 amide bonds. The van der Waals surface area contributed by atoms with E-state index in [0.717, 1.165) is 33.7 Å². The lowest BCUT2D eigenvalue weighted by Gasteiger charge is -2.07. The van der Waals surface area contributed by atoms with E-state index in [0.29, 0.717) is 12.2 Å². The summed E-state index contributed by atoms with van der Waals surface area (Å²) in [5, 5.41) is 8.91. The molecule has 0 unspecified atom stereocenters. The fourth-order valence-electron chi connectivity index (χ4n) is 3.47. The maximum atomic E-state index is 11.9. The van der Waals surface area contributed by atoms with Crippen LogP contribution >= 0.6 is 0 Å². The molecule has 0 aliphatic carbocycles. The normalized spacial score (nSPS) is 11.0. The zero-order valence-corrected chi connectivity index (χ0v) is 16.8. The minimum atomic E-state index is -0.321. The van der Waals surface area contributed by atoms with Crippen molar-refractivity contribution in [2.24, 2.45) is 0 Å². The molecule has 7 heteroatoms. The summed E-state index contributed by atoms with van der Waals surface area (Å²) in [6.07, 6.45) is 7.28. The van der Waals surface area contributed by atoms with Crippen LogP contribution in [0.2, 0.25) is 0 Å². The monoisotopic (exact) mass is 409 g/mol. The molecule has 7 nitrogen and oxygen atoms in total. The molecule has 0 saturated carbocycles. The van der Waals surface area contributed by atoms with Crippen LogP contribution in [0.3, 0.4) is 0 Å². The van der Waals surface area contributed by atoms with E-state index in [2.05, 4.69) is 21.2 Å². The summed E-state index contributed by atoms with van der Waals surface area (Å²) in [5.74, 6) is -0.321. The lowest BCUT2D eigenvalue weighted by Crippen LogP contribution is -2.04. The average Bonchev–Trinajstić information content (AvgIpc) is 3.49. The molecule has 0 atom stereocenters. The van der Waals surface area contributed by atoms with Crippen LogP contribution in [0.15, 0.2) is 85.5 Å². The van der Waals surface area contributed by atoms with Crippen LogP contribution in [-0.2, 0) is 4.74 Å². The average molecular weight is 409 g/mol. The van der Waals surface area contributed by atoms with Crippen LogP contribution in [0.5, 0.6) is 0 Å². The zero-order chi connectivity index (χ0) is 21.2. The highest BCUT2D eigenvalue weighted by Crippen LogP contribution is 2.25. The molecule has 31 heavy (non-hydrogen) atoms. The number of carbonyl (C=O) groups excluding carboxylic acids is 1. The third kappa shape index (κ3) is 3.57. The van der Waals surface area contributed by atoms with Gasteiger partial charge in [-0.1, -0.05) is 24.3 Å². The lowest BCUT2D eigenvalue weighted by molar-refractivity contribution is 0.0526. The number of imidazole rings is 1. The number of rotatable bonds is 5. The number of hydrogen-bond donors (Lipinski definition) is 0. The molecule has 5 aromatic rings. The summed E-state index contributed by atoms with van der Waals surface area (Å²) in [6, 6.07) is 19.2. The predicted molar refractivity (Wildman–Crippen MR) is 117 cm³/mol. The van der Waals surface area contributed by atoms with Crippen molar-refractivity contribution in [3.05, 3.63) is 91.0 Å². The molecule has 0 aliphatic heterocycles. The number of nitrogens with zero attached hydrogens (tertiary/aromatic N) is 5. The molecule has 152 valence electrons. The first-order valence-corrected chi connectivity index (χ1v) is 9.95. The van der Waals surface area contributed by atoms with Crippen LogP contribution < -0.4 is 0 Å². The van der Waals surface area contributed by atoms with Gasteiger partial charge in [-0.2, -0.15) is 10.2 Å². The summed E-state index contributed by atoms with van der Waals surface area (Å²) in [5.41, 5.74) is 6.01. The van der Waals surface area contributed by atoms with E-state index >= 15 is 0 Å². The minimum Gasteiger partial charge on any atom is -0.462 e. The van der Waals surface area contributed by atoms with E-state index < -0.39 is 0 Å². The lowest BCUT2D eigenvalue weighted by atomic mass is 10.1. The van der Waals surface area contributed by atoms with Crippen LogP contribution in [0.1, 0.15) is 17.3 Å². The Morgan fingerprint density at radius 3 is 2.58 bits per heavy atom. The van der Waals surface area contributed by atoms with Crippen molar-refractivity contribution in [3.63, 3.8) is 0 Å². The SMILES string of the molecule is CCOC(=O)c1ccc(-c2cnn3c(-c4cccc(-n5cccn5)c4)cnc3c2)cc1. The standard InChI is InChI=1S/C24H19N5O2/c1-2-31-24(30)18-9-7-17(8-10-18)20-14-23-25-16-22(29(23)27-15-20)19-5-3-6-21(13-19)28-12-4-11-26-28/h3-16H,2H2,1H3. The van der Waals surface area contributed by atoms with Gasteiger partial charge in [0.05, 0.1) is 35.9 Å². The molecule has 5 rings (SSSR count). The molecular weight excluding hydrogens is 390 g/mol. The first-order valence-electron chi connectivity index (χ1n) is 9.95. The smallest absolute Gasteiger partial charge is 0.338 e. The van der Waals surface area contributed by atoms with E-state index in [1.807, 2.05) is 64.1 Å². The number of hydrogen-bond acceptors (Lipinski definition) is 5. The fourth-order valence-corrected chi connectivity index (χ4v) is 3.47. The van der Waals surface area contributed by atoms with Crippen LogP contribution in [0.4, 0.5) is 0 Å². The largest absolute Gasteiger partial charge is 0.462 e. The zero-order valence-electron chi connectivity index (χ0n) is 16.8. The molecule has 0 saturated heterocycles. The minimum absolute atomic E-state index is 0.321. The number of fused-ring (bicyclic) bond motifs is 1. The molecule has 0 spiro atoms. The van der Waals surface area contributed by atoms with Gasteiger partial charge in [-0.05, 0) is 48.9 Å². The van der Waals surface area contributed by atoms with Crippen molar-refractivity contribution in [1.82, 2.24) is 24.4 Å². The van der Waals surface area contributed by atoms with Gasteiger partial charge in [0.15, 0.2) is 5.65 Å². The second kappa shape index (κ2) is 7.87. The topological polar surface area (TPSA) is 74.3 Å². The number of esters is 1. The maximum Gasteiger partial charge on any atom is 0.338 e. The number of ether oxygens (including phenoxy) is 1. The Morgan fingerprint density at radius 1 is 0.935 bits per heavy atom. The number of benzene rings is 2. The summed E-state index contributed by atoms with van der Waals surface area (Å²) >= 11 is 0. The van der Waals surface area contributed by atoms with Gasteiger partial charge in [-0.3, -0.25) is 0 Å². The van der Waals surface area contributed by atoms with Gasteiger partial charge in [-0.15, -0.1) is 0 Å². The fraction of sp³-hybridized carbons (Fsp3) is 0.0833. The Labute approximate surface area is 178 Å². The van der Waals surface area contributed by atoms with E-state index in [4.69, 9.17) is 4.74 Å². The van der Waals surface area contributed by atoms with Crippen LogP contribution in [0.25, 0.3) is 33.7 Å². The second-order valence-electron chi connectivity index (χ2n) is 6.96. The van der Waals surface area contributed by atoms with Gasteiger partial charge in [0.1, 0.15) is 0 Å². The molecule has 0 fully saturated rings. The molecule has 3 aromatic heterocycles. The summed E-state index contributed by atoms with van der Waals surface area (Å²) in [7, 11) is 0. The van der Waals surface area contributed by atoms with Crippen molar-refractivity contribution >= 4 is 11.6 Å². The highest BCUT2D eigenvalue weighted by atomic mass is 16.5. The third-order valence-corrected chi connectivity index (χ3v) is 5.00. The van der Waals surface area contributed by atoms with E-state index in [1.54, 1.807) is 31.5 Å². The van der Waals surface area contributed by atoms with Gasteiger partial charge in [0, 0.05) is 23.5 Å². The highest BCUT2D eigenvalue weighted by molar-refractivity contribution is 5.90. The molecule has 0 radical (unpaired) electrons. The summed E-state index contributed by atoms with van der Waals surface area (Å²) in [6.45, 7) is 2.15. The van der Waals surface area contributed by atoms with Crippen molar-refractivity contribution in [2.45, 2.75) is 6.92 Å². The summed E-state index contributed by atoms with van der Waals surface area (Å²) in [4.78, 5) is 16.4. The third-order valence-electron chi connectivity index (χ3n) is 5.00. The van der Waals surface area contributed by atoms with Gasteiger partial charge in [0.2, 0.25) is 0 Å². The highest BCUT2D eigenvalue weighted by Gasteiger charge is 2.11. The first kappa shape index (κ1) is 18.7. The molecule has 0 aliphatic rings. The molecule has 0 bridgehead atoms. The van der Waals surface area contributed by atoms with Crippen molar-refractivity contribution in [3.8, 4) is 28.1 Å². The van der Waals surface area contributed by atoms with E-state index in [9.17, 15) is 4.79 Å². The molecular formula is C24H19N5O2. The van der Waals surface area contributed by atoms with Gasteiger partial charge in [-0.25, -0.2) is 19.0 Å². The first-order chi connectivity index (χ1) is 15.2. The quantitative estimate of drug-likeness (QED) is 0.402. The number of carbonyl (C=O) groups is 1. The van der Waals surface area contributed by atoms with Gasteiger partial charge in [0.25, 0.3) is 0 Å². The van der Waals surface area contributed by atoms with E-state index in [1.165, 1.54) is 0 Å². The van der Waals surface area contributed by atoms with Crippen molar-refractivity contribution in [1.29, 1.82) is 0 Å². The Balaban J connectivity index is 1.47. The molecule has 2 aromatic carbocycles. The molecule has 0 N–H and O–H groups in total. The Hall–Kier alpha value is -4.26. The van der Waals surface area contributed by atoms with Gasteiger partial charge >= 0.3 is 5.97 Å². The van der Waals surface area contributed by atoms with Crippen molar-refractivity contribution < 1.29 is 9.53 Å². The molecule has 3 heterocycles. The maximum absolute atomic E-state index is 11.9.